The van der Waals surface area contributed by atoms with Gasteiger partial charge in [0.1, 0.15) is 0 Å². The van der Waals surface area contributed by atoms with Crippen molar-refractivity contribution >= 4 is 18.7 Å². The molecule has 0 atom stereocenters. The van der Waals surface area contributed by atoms with E-state index in [1.807, 2.05) is 12.1 Å². The molecule has 0 bridgehead atoms. The maximum absolute atomic E-state index is 13.7. The molecule has 1 aromatic rings. The molecular weight excluding hydrogens is 443 g/mol. The second-order valence-electron chi connectivity index (χ2n) is 10.2. The van der Waals surface area contributed by atoms with E-state index in [1.165, 1.54) is 121 Å². The van der Waals surface area contributed by atoms with E-state index in [0.29, 0.717) is 0 Å². The van der Waals surface area contributed by atoms with Crippen molar-refractivity contribution in [2.24, 2.45) is 0 Å². The molecule has 0 aliphatic carbocycles. The summed E-state index contributed by atoms with van der Waals surface area (Å²) in [6.07, 6.45) is 27.3. The Balaban J connectivity index is 2.21. The van der Waals surface area contributed by atoms with Gasteiger partial charge in [0.05, 0.1) is 7.14 Å². The van der Waals surface area contributed by atoms with Gasteiger partial charge in [0, 0.05) is 23.5 Å². The zero-order chi connectivity index (χ0) is 24.0. The van der Waals surface area contributed by atoms with Gasteiger partial charge >= 0.3 is 0 Å². The fourth-order valence-corrected chi connectivity index (χ4v) is 8.12. The van der Waals surface area contributed by atoms with Gasteiger partial charge in [-0.15, -0.1) is 0 Å². The van der Waals surface area contributed by atoms with E-state index < -0.39 is 7.14 Å². The molecule has 0 saturated carbocycles. The normalized spacial score (nSPS) is 11.8. The lowest BCUT2D eigenvalue weighted by molar-refractivity contribution is 0.555. The zero-order valence-electron chi connectivity index (χ0n) is 22.1. The lowest BCUT2D eigenvalue weighted by Gasteiger charge is -2.18. The van der Waals surface area contributed by atoms with Gasteiger partial charge in [0.15, 0.2) is 0 Å². The van der Waals surface area contributed by atoms with Crippen molar-refractivity contribution in [3.8, 4) is 0 Å². The zero-order valence-corrected chi connectivity index (χ0v) is 23.7. The molecule has 0 aliphatic heterocycles. The van der Waals surface area contributed by atoms with E-state index in [-0.39, 0.29) is 0 Å². The quantitative estimate of drug-likeness (QED) is 0.109. The number of unbranched alkanes of at least 4 members (excludes halogenated alkanes) is 15. The van der Waals surface area contributed by atoms with Crippen LogP contribution in [0.1, 0.15) is 135 Å². The van der Waals surface area contributed by atoms with E-state index in [1.54, 1.807) is 0 Å². The molecule has 0 unspecified atom stereocenters. The van der Waals surface area contributed by atoms with Crippen LogP contribution in [0.25, 0.3) is 0 Å². The molecule has 0 N–H and O–H groups in total. The summed E-state index contributed by atoms with van der Waals surface area (Å²) in [6.45, 7) is 4.54. The predicted molar refractivity (Wildman–Crippen MR) is 152 cm³/mol. The second-order valence-corrected chi connectivity index (χ2v) is 14.1. The van der Waals surface area contributed by atoms with Crippen LogP contribution in [0.2, 0.25) is 5.02 Å². The molecule has 0 aliphatic rings. The minimum Gasteiger partial charge on any atom is -0.324 e. The fourth-order valence-electron chi connectivity index (χ4n) is 4.82. The van der Waals surface area contributed by atoms with Crippen molar-refractivity contribution in [3.63, 3.8) is 0 Å². The van der Waals surface area contributed by atoms with Crippen molar-refractivity contribution in [1.29, 1.82) is 0 Å². The van der Waals surface area contributed by atoms with Gasteiger partial charge < -0.3 is 4.57 Å². The molecule has 0 saturated heterocycles. The highest BCUT2D eigenvalue weighted by molar-refractivity contribution is 7.63. The number of halogens is 1. The molecule has 0 fully saturated rings. The minimum absolute atomic E-state index is 0.906. The number of hydrogen-bond donors (Lipinski definition) is 0. The molecule has 1 aromatic carbocycles. The third-order valence-corrected chi connectivity index (χ3v) is 10.8. The largest absolute Gasteiger partial charge is 0.324 e. The van der Waals surface area contributed by atoms with E-state index in [9.17, 15) is 4.57 Å². The molecule has 3 heteroatoms. The first-order chi connectivity index (χ1) is 16.1. The topological polar surface area (TPSA) is 17.1 Å². The molecule has 0 amide bonds. The minimum atomic E-state index is -1.95. The summed E-state index contributed by atoms with van der Waals surface area (Å²) < 4.78 is 13.7. The second kappa shape index (κ2) is 21.1. The standard InChI is InChI=1S/C30H54ClOP/c1-3-5-7-9-14-20-26-33(32,27-21-15-10-8-6-4-2)28-22-16-12-11-13-17-23-29-24-18-19-25-30(29)31/h18-19,24-25H,3-17,20-23,26-28H2,1-2H3. The Morgan fingerprint density at radius 1 is 0.576 bits per heavy atom. The van der Waals surface area contributed by atoms with Gasteiger partial charge in [-0.25, -0.2) is 0 Å². The van der Waals surface area contributed by atoms with Gasteiger partial charge in [-0.2, -0.15) is 0 Å². The maximum Gasteiger partial charge on any atom is 0.0877 e. The molecule has 0 heterocycles. The van der Waals surface area contributed by atoms with Crippen molar-refractivity contribution in [2.45, 2.75) is 136 Å². The maximum atomic E-state index is 13.7. The lowest BCUT2D eigenvalue weighted by Crippen LogP contribution is -2.02. The summed E-state index contributed by atoms with van der Waals surface area (Å²) in [6, 6.07) is 8.22. The first kappa shape index (κ1) is 30.8. The molecule has 1 nitrogen and oxygen atoms in total. The summed E-state index contributed by atoms with van der Waals surface area (Å²) in [5.41, 5.74) is 1.28. The van der Waals surface area contributed by atoms with Crippen molar-refractivity contribution in [1.82, 2.24) is 0 Å². The summed E-state index contributed by atoms with van der Waals surface area (Å²) in [7, 11) is -1.95. The van der Waals surface area contributed by atoms with E-state index in [2.05, 4.69) is 26.0 Å². The van der Waals surface area contributed by atoms with Crippen LogP contribution in [0.3, 0.4) is 0 Å². The smallest absolute Gasteiger partial charge is 0.0877 e. The van der Waals surface area contributed by atoms with Crippen LogP contribution in [0, 0.1) is 0 Å². The Morgan fingerprint density at radius 2 is 0.970 bits per heavy atom. The van der Waals surface area contributed by atoms with Crippen LogP contribution in [-0.2, 0) is 11.0 Å². The van der Waals surface area contributed by atoms with Crippen LogP contribution in [0.4, 0.5) is 0 Å². The van der Waals surface area contributed by atoms with Crippen molar-refractivity contribution < 1.29 is 4.57 Å². The van der Waals surface area contributed by atoms with Crippen LogP contribution in [-0.4, -0.2) is 18.5 Å². The lowest BCUT2D eigenvalue weighted by atomic mass is 10.1. The monoisotopic (exact) mass is 496 g/mol. The Bertz CT molecular complexity index is 595. The first-order valence-electron chi connectivity index (χ1n) is 14.4. The average molecular weight is 497 g/mol. The van der Waals surface area contributed by atoms with Crippen molar-refractivity contribution in [2.75, 3.05) is 18.5 Å². The molecule has 0 aromatic heterocycles. The highest BCUT2D eigenvalue weighted by atomic mass is 35.5. The van der Waals surface area contributed by atoms with E-state index >= 15 is 0 Å². The SMILES string of the molecule is CCCCCCCCP(=O)(CCCCCCCC)CCCCCCCCc1ccccc1Cl. The summed E-state index contributed by atoms with van der Waals surface area (Å²) in [4.78, 5) is 0. The van der Waals surface area contributed by atoms with Gasteiger partial charge in [0.25, 0.3) is 0 Å². The number of aryl methyl sites for hydroxylation is 1. The van der Waals surface area contributed by atoms with Gasteiger partial charge in [-0.05, 0) is 43.7 Å². The molecular formula is C30H54ClOP. The molecule has 1 rings (SSSR count). The summed E-state index contributed by atoms with van der Waals surface area (Å²) in [5.74, 6) is 0. The highest BCUT2D eigenvalue weighted by Gasteiger charge is 2.20. The average Bonchev–Trinajstić information content (AvgIpc) is 2.81. The molecule has 0 spiro atoms. The Labute approximate surface area is 212 Å². The Morgan fingerprint density at radius 3 is 1.42 bits per heavy atom. The number of benzene rings is 1. The summed E-state index contributed by atoms with van der Waals surface area (Å²) >= 11 is 6.26. The van der Waals surface area contributed by atoms with Crippen LogP contribution < -0.4 is 0 Å². The third kappa shape index (κ3) is 16.9. The van der Waals surface area contributed by atoms with Crippen molar-refractivity contribution in [3.05, 3.63) is 34.9 Å². The van der Waals surface area contributed by atoms with Gasteiger partial charge in [0.2, 0.25) is 0 Å². The van der Waals surface area contributed by atoms with E-state index in [0.717, 1.165) is 29.9 Å². The molecule has 33 heavy (non-hydrogen) atoms. The number of hydrogen-bond acceptors (Lipinski definition) is 1. The van der Waals surface area contributed by atoms with Crippen LogP contribution >= 0.6 is 18.7 Å². The third-order valence-electron chi connectivity index (χ3n) is 7.06. The highest BCUT2D eigenvalue weighted by Crippen LogP contribution is 2.48. The molecule has 0 radical (unpaired) electrons. The van der Waals surface area contributed by atoms with Gasteiger partial charge in [-0.1, -0.05) is 134 Å². The number of rotatable bonds is 23. The Hall–Kier alpha value is -0.260. The molecule has 192 valence electrons. The van der Waals surface area contributed by atoms with Crippen LogP contribution in [0.15, 0.2) is 24.3 Å². The Kier molecular flexibility index (Phi) is 19.6. The van der Waals surface area contributed by atoms with E-state index in [4.69, 9.17) is 11.6 Å². The van der Waals surface area contributed by atoms with Crippen LogP contribution in [0.5, 0.6) is 0 Å². The fraction of sp³-hybridized carbons (Fsp3) is 0.800. The first-order valence-corrected chi connectivity index (χ1v) is 17.1. The van der Waals surface area contributed by atoms with Gasteiger partial charge in [-0.3, -0.25) is 0 Å². The predicted octanol–water partition coefficient (Wildman–Crippen LogP) is 11.3. The summed E-state index contributed by atoms with van der Waals surface area (Å²) in [5, 5.41) is 0.906.